The number of guanidine groups is 1. The van der Waals surface area contributed by atoms with E-state index < -0.39 is 0 Å². The van der Waals surface area contributed by atoms with Crippen molar-refractivity contribution in [1.29, 1.82) is 0 Å². The van der Waals surface area contributed by atoms with Crippen LogP contribution in [0.4, 0.5) is 0 Å². The molecule has 0 aromatic carbocycles. The predicted octanol–water partition coefficient (Wildman–Crippen LogP) is 2.04. The van der Waals surface area contributed by atoms with Gasteiger partial charge in [0.25, 0.3) is 5.91 Å². The summed E-state index contributed by atoms with van der Waals surface area (Å²) in [5.41, 5.74) is 1.85. The molecule has 4 rings (SSSR count). The highest BCUT2D eigenvalue weighted by atomic mass is 35.5. The molecule has 0 bridgehead atoms. The van der Waals surface area contributed by atoms with Crippen molar-refractivity contribution in [1.82, 2.24) is 20.6 Å². The van der Waals surface area contributed by atoms with Crippen LogP contribution >= 0.6 is 11.6 Å². The SMILES string of the molecule is O=C1NC(NCC2CC2)=N/C1=C\c1c[nH]c2nccc(Cl)c12. The number of carbonyl (C=O) groups excluding carboxylic acids is 1. The van der Waals surface area contributed by atoms with Crippen molar-refractivity contribution in [2.45, 2.75) is 12.8 Å². The van der Waals surface area contributed by atoms with Crippen LogP contribution in [-0.2, 0) is 4.79 Å². The molecule has 3 N–H and O–H groups in total. The van der Waals surface area contributed by atoms with Crippen molar-refractivity contribution in [3.63, 3.8) is 0 Å². The zero-order chi connectivity index (χ0) is 15.1. The minimum atomic E-state index is -0.215. The van der Waals surface area contributed by atoms with Crippen molar-refractivity contribution in [3.8, 4) is 0 Å². The van der Waals surface area contributed by atoms with E-state index in [1.165, 1.54) is 12.8 Å². The van der Waals surface area contributed by atoms with E-state index in [0.29, 0.717) is 28.2 Å². The summed E-state index contributed by atoms with van der Waals surface area (Å²) in [6.07, 6.45) is 7.62. The highest BCUT2D eigenvalue weighted by molar-refractivity contribution is 6.35. The first-order valence-electron chi connectivity index (χ1n) is 7.18. The number of aliphatic imine (C=N–C) groups is 1. The predicted molar refractivity (Wildman–Crippen MR) is 85.4 cm³/mol. The molecule has 3 heterocycles. The van der Waals surface area contributed by atoms with Gasteiger partial charge >= 0.3 is 0 Å². The molecule has 7 heteroatoms. The molecular formula is C15H14ClN5O. The molecule has 1 aliphatic carbocycles. The van der Waals surface area contributed by atoms with Gasteiger partial charge < -0.3 is 10.3 Å². The Morgan fingerprint density at radius 2 is 2.32 bits per heavy atom. The zero-order valence-electron chi connectivity index (χ0n) is 11.7. The van der Waals surface area contributed by atoms with E-state index in [4.69, 9.17) is 11.6 Å². The van der Waals surface area contributed by atoms with Gasteiger partial charge in [-0.15, -0.1) is 0 Å². The van der Waals surface area contributed by atoms with Gasteiger partial charge in [-0.05, 0) is 30.9 Å². The van der Waals surface area contributed by atoms with Gasteiger partial charge in [-0.3, -0.25) is 10.1 Å². The molecule has 2 aliphatic rings. The molecule has 0 atom stereocenters. The summed E-state index contributed by atoms with van der Waals surface area (Å²) in [5.74, 6) is 1.02. The van der Waals surface area contributed by atoms with Gasteiger partial charge in [0, 0.05) is 29.9 Å². The van der Waals surface area contributed by atoms with Gasteiger partial charge in [0.2, 0.25) is 5.96 Å². The first-order chi connectivity index (χ1) is 10.7. The summed E-state index contributed by atoms with van der Waals surface area (Å²) in [6.45, 7) is 0.856. The molecule has 0 unspecified atom stereocenters. The Morgan fingerprint density at radius 1 is 1.45 bits per heavy atom. The van der Waals surface area contributed by atoms with Crippen molar-refractivity contribution in [2.24, 2.45) is 10.9 Å². The van der Waals surface area contributed by atoms with Crippen molar-refractivity contribution in [3.05, 3.63) is 34.7 Å². The largest absolute Gasteiger partial charge is 0.355 e. The number of H-pyrrole nitrogens is 1. The number of amides is 1. The van der Waals surface area contributed by atoms with Crippen LogP contribution in [0.5, 0.6) is 0 Å². The molecule has 6 nitrogen and oxygen atoms in total. The summed E-state index contributed by atoms with van der Waals surface area (Å²) in [7, 11) is 0. The van der Waals surface area contributed by atoms with Gasteiger partial charge in [0.05, 0.1) is 5.02 Å². The van der Waals surface area contributed by atoms with Crippen LogP contribution in [0.25, 0.3) is 17.1 Å². The summed E-state index contributed by atoms with van der Waals surface area (Å²) in [4.78, 5) is 23.6. The first-order valence-corrected chi connectivity index (χ1v) is 7.56. The molecule has 112 valence electrons. The van der Waals surface area contributed by atoms with Crippen LogP contribution in [0.3, 0.4) is 0 Å². The molecule has 2 aromatic heterocycles. The number of hydrogen-bond acceptors (Lipinski definition) is 4. The second-order valence-corrected chi connectivity index (χ2v) is 5.94. The Bertz CT molecular complexity index is 818. The maximum absolute atomic E-state index is 12.0. The molecule has 2 aromatic rings. The second-order valence-electron chi connectivity index (χ2n) is 5.53. The van der Waals surface area contributed by atoms with Crippen LogP contribution in [0.1, 0.15) is 18.4 Å². The van der Waals surface area contributed by atoms with Crippen LogP contribution in [0, 0.1) is 5.92 Å². The normalized spacial score (nSPS) is 19.6. The molecule has 0 radical (unpaired) electrons. The number of carbonyl (C=O) groups is 1. The third kappa shape index (κ3) is 2.46. The minimum absolute atomic E-state index is 0.215. The Kier molecular flexibility index (Phi) is 3.11. The van der Waals surface area contributed by atoms with E-state index in [1.54, 1.807) is 24.5 Å². The number of aromatic amines is 1. The van der Waals surface area contributed by atoms with E-state index in [9.17, 15) is 4.79 Å². The number of halogens is 1. The van der Waals surface area contributed by atoms with E-state index in [2.05, 4.69) is 25.6 Å². The van der Waals surface area contributed by atoms with Crippen molar-refractivity contribution in [2.75, 3.05) is 6.54 Å². The summed E-state index contributed by atoms with van der Waals surface area (Å²) in [5, 5.41) is 7.28. The monoisotopic (exact) mass is 315 g/mol. The van der Waals surface area contributed by atoms with Crippen molar-refractivity contribution < 1.29 is 4.79 Å². The van der Waals surface area contributed by atoms with Gasteiger partial charge in [0.1, 0.15) is 11.3 Å². The third-order valence-corrected chi connectivity index (χ3v) is 4.11. The molecule has 22 heavy (non-hydrogen) atoms. The lowest BCUT2D eigenvalue weighted by molar-refractivity contribution is -0.115. The first kappa shape index (κ1) is 13.3. The lowest BCUT2D eigenvalue weighted by Gasteiger charge is -2.02. The lowest BCUT2D eigenvalue weighted by Crippen LogP contribution is -2.37. The molecule has 0 spiro atoms. The number of hydrogen-bond donors (Lipinski definition) is 3. The van der Waals surface area contributed by atoms with Gasteiger partial charge in [-0.25, -0.2) is 9.98 Å². The highest BCUT2D eigenvalue weighted by Crippen LogP contribution is 2.28. The number of nitrogens with zero attached hydrogens (tertiary/aromatic N) is 2. The van der Waals surface area contributed by atoms with E-state index in [0.717, 1.165) is 17.5 Å². The fourth-order valence-electron chi connectivity index (χ4n) is 2.42. The number of rotatable bonds is 3. The molecular weight excluding hydrogens is 302 g/mol. The molecule has 0 saturated heterocycles. The van der Waals surface area contributed by atoms with E-state index in [-0.39, 0.29) is 5.91 Å². The number of pyridine rings is 1. The maximum atomic E-state index is 12.0. The Hall–Kier alpha value is -2.34. The number of fused-ring (bicyclic) bond motifs is 1. The van der Waals surface area contributed by atoms with Crippen molar-refractivity contribution >= 4 is 40.6 Å². The lowest BCUT2D eigenvalue weighted by atomic mass is 10.2. The summed E-state index contributed by atoms with van der Waals surface area (Å²) < 4.78 is 0. The standard InChI is InChI=1S/C15H14ClN5O/c16-10-3-4-17-13-12(10)9(7-18-13)5-11-14(22)21-15(20-11)19-6-8-1-2-8/h3-5,7-8H,1-2,6H2,(H,17,18)(H2,19,20,21,22)/b11-5-. The van der Waals surface area contributed by atoms with Gasteiger partial charge in [-0.1, -0.05) is 11.6 Å². The average Bonchev–Trinajstić information content (AvgIpc) is 3.14. The molecule has 1 aliphatic heterocycles. The highest BCUT2D eigenvalue weighted by Gasteiger charge is 2.24. The Morgan fingerprint density at radius 3 is 3.14 bits per heavy atom. The van der Waals surface area contributed by atoms with Crippen LogP contribution in [0.15, 0.2) is 29.1 Å². The minimum Gasteiger partial charge on any atom is -0.355 e. The number of aromatic nitrogens is 2. The van der Waals surface area contributed by atoms with Gasteiger partial charge in [-0.2, -0.15) is 0 Å². The van der Waals surface area contributed by atoms with Crippen LogP contribution < -0.4 is 10.6 Å². The summed E-state index contributed by atoms with van der Waals surface area (Å²) in [6, 6.07) is 1.72. The van der Waals surface area contributed by atoms with Gasteiger partial charge in [0.15, 0.2) is 0 Å². The molecule has 1 fully saturated rings. The second kappa shape index (κ2) is 5.14. The Labute approximate surface area is 131 Å². The maximum Gasteiger partial charge on any atom is 0.276 e. The smallest absolute Gasteiger partial charge is 0.276 e. The van der Waals surface area contributed by atoms with E-state index >= 15 is 0 Å². The van der Waals surface area contributed by atoms with Crippen LogP contribution in [-0.4, -0.2) is 28.4 Å². The Balaban J connectivity index is 1.64. The summed E-state index contributed by atoms with van der Waals surface area (Å²) >= 11 is 6.21. The average molecular weight is 316 g/mol. The molecule has 1 amide bonds. The third-order valence-electron chi connectivity index (χ3n) is 3.80. The fraction of sp³-hybridized carbons (Fsp3) is 0.267. The molecule has 1 saturated carbocycles. The quantitative estimate of drug-likeness (QED) is 0.758. The fourth-order valence-corrected chi connectivity index (χ4v) is 2.67. The van der Waals surface area contributed by atoms with Crippen LogP contribution in [0.2, 0.25) is 5.02 Å². The van der Waals surface area contributed by atoms with E-state index in [1.807, 2.05) is 0 Å². The zero-order valence-corrected chi connectivity index (χ0v) is 12.4. The topological polar surface area (TPSA) is 82.2 Å². The number of nitrogens with one attached hydrogen (secondary N) is 3.